The molecule has 0 amide bonds. The molecule has 1 fully saturated rings. The van der Waals surface area contributed by atoms with Crippen molar-refractivity contribution in [3.8, 4) is 0 Å². The van der Waals surface area contributed by atoms with E-state index in [4.69, 9.17) is 0 Å². The van der Waals surface area contributed by atoms with Gasteiger partial charge in [-0.2, -0.15) is 0 Å². The van der Waals surface area contributed by atoms with E-state index in [1.807, 2.05) is 6.07 Å². The maximum Gasteiger partial charge on any atom is 0.324 e. The number of nitro groups is 1. The summed E-state index contributed by atoms with van der Waals surface area (Å²) in [5.41, 5.74) is 0. The number of nitrogens with zero attached hydrogens (tertiary/aromatic N) is 2. The molecule has 0 saturated carbocycles. The van der Waals surface area contributed by atoms with Crippen LogP contribution in [0.25, 0.3) is 0 Å². The minimum absolute atomic E-state index is 0.249. The van der Waals surface area contributed by atoms with Gasteiger partial charge in [-0.05, 0) is 18.4 Å². The summed E-state index contributed by atoms with van der Waals surface area (Å²) in [6.45, 7) is 8.45. The molecule has 0 radical (unpaired) electrons. The largest absolute Gasteiger partial charge is 0.324 e. The van der Waals surface area contributed by atoms with Crippen LogP contribution in [0.3, 0.4) is 0 Å². The van der Waals surface area contributed by atoms with Crippen LogP contribution in [-0.4, -0.2) is 36.0 Å². The van der Waals surface area contributed by atoms with E-state index in [9.17, 15) is 10.1 Å². The number of hydrogen-bond donors (Lipinski definition) is 1. The van der Waals surface area contributed by atoms with Crippen LogP contribution < -0.4 is 5.32 Å². The number of nitrogens with one attached hydrogen (secondary N) is 1. The maximum absolute atomic E-state index is 10.8. The summed E-state index contributed by atoms with van der Waals surface area (Å²) < 4.78 is 0. The van der Waals surface area contributed by atoms with Gasteiger partial charge in [-0.15, -0.1) is 0 Å². The van der Waals surface area contributed by atoms with E-state index in [2.05, 4.69) is 24.1 Å². The number of thiophene rings is 1. The Morgan fingerprint density at radius 3 is 2.63 bits per heavy atom. The van der Waals surface area contributed by atoms with Crippen molar-refractivity contribution in [2.24, 2.45) is 5.92 Å². The molecule has 106 valence electrons. The molecule has 1 aliphatic heterocycles. The van der Waals surface area contributed by atoms with Crippen LogP contribution in [0.1, 0.15) is 31.2 Å². The highest BCUT2D eigenvalue weighted by molar-refractivity contribution is 7.15. The lowest BCUT2D eigenvalue weighted by atomic mass is 10.0. The average molecular weight is 283 g/mol. The molecule has 1 aromatic heterocycles. The molecule has 1 N–H and O–H groups in total. The summed E-state index contributed by atoms with van der Waals surface area (Å²) in [5, 5.41) is 14.4. The first kappa shape index (κ1) is 14.4. The lowest BCUT2D eigenvalue weighted by Crippen LogP contribution is -2.45. The summed E-state index contributed by atoms with van der Waals surface area (Å²) in [7, 11) is 0. The molecule has 2 rings (SSSR count). The van der Waals surface area contributed by atoms with Crippen molar-refractivity contribution in [3.63, 3.8) is 0 Å². The molecular weight excluding hydrogens is 262 g/mol. The fourth-order valence-electron chi connectivity index (χ4n) is 2.50. The van der Waals surface area contributed by atoms with Gasteiger partial charge in [0.25, 0.3) is 0 Å². The molecule has 0 unspecified atom stereocenters. The summed E-state index contributed by atoms with van der Waals surface area (Å²) in [5.74, 6) is 0.584. The van der Waals surface area contributed by atoms with E-state index >= 15 is 0 Å². The van der Waals surface area contributed by atoms with E-state index in [1.54, 1.807) is 6.07 Å². The predicted molar refractivity (Wildman–Crippen MR) is 77.6 cm³/mol. The van der Waals surface area contributed by atoms with Crippen molar-refractivity contribution in [2.45, 2.75) is 26.3 Å². The molecule has 6 heteroatoms. The van der Waals surface area contributed by atoms with Gasteiger partial charge in [-0.25, -0.2) is 0 Å². The quantitative estimate of drug-likeness (QED) is 0.666. The monoisotopic (exact) mass is 283 g/mol. The number of rotatable bonds is 5. The van der Waals surface area contributed by atoms with E-state index in [-0.39, 0.29) is 9.92 Å². The molecule has 1 atom stereocenters. The van der Waals surface area contributed by atoms with Crippen LogP contribution in [0.2, 0.25) is 0 Å². The van der Waals surface area contributed by atoms with E-state index < -0.39 is 0 Å². The topological polar surface area (TPSA) is 58.4 Å². The zero-order valence-corrected chi connectivity index (χ0v) is 12.3. The predicted octanol–water partition coefficient (Wildman–Crippen LogP) is 2.65. The second kappa shape index (κ2) is 6.45. The zero-order valence-electron chi connectivity index (χ0n) is 11.5. The van der Waals surface area contributed by atoms with Crippen LogP contribution in [0.15, 0.2) is 12.1 Å². The average Bonchev–Trinajstić information content (AvgIpc) is 2.86. The van der Waals surface area contributed by atoms with E-state index in [0.717, 1.165) is 37.5 Å². The zero-order chi connectivity index (χ0) is 13.8. The number of piperazine rings is 1. The van der Waals surface area contributed by atoms with Crippen molar-refractivity contribution in [3.05, 3.63) is 27.1 Å². The third kappa shape index (κ3) is 3.75. The Morgan fingerprint density at radius 1 is 1.42 bits per heavy atom. The first-order valence-electron chi connectivity index (χ1n) is 6.77. The molecule has 5 nitrogen and oxygen atoms in total. The summed E-state index contributed by atoms with van der Waals surface area (Å²) >= 11 is 1.32. The third-order valence-corrected chi connectivity index (χ3v) is 4.55. The van der Waals surface area contributed by atoms with Crippen molar-refractivity contribution >= 4 is 16.3 Å². The Hall–Kier alpha value is -0.980. The lowest BCUT2D eigenvalue weighted by molar-refractivity contribution is -0.380. The summed E-state index contributed by atoms with van der Waals surface area (Å²) in [4.78, 5) is 14.1. The molecule has 0 bridgehead atoms. The van der Waals surface area contributed by atoms with Crippen LogP contribution in [0.5, 0.6) is 0 Å². The Morgan fingerprint density at radius 2 is 2.11 bits per heavy atom. The van der Waals surface area contributed by atoms with Gasteiger partial charge in [0.05, 0.1) is 4.92 Å². The molecule has 2 heterocycles. The highest BCUT2D eigenvalue weighted by Crippen LogP contribution is 2.35. The fourth-order valence-corrected chi connectivity index (χ4v) is 3.47. The molecule has 1 aromatic rings. The van der Waals surface area contributed by atoms with Gasteiger partial charge in [-0.1, -0.05) is 25.2 Å². The Labute approximate surface area is 117 Å². The van der Waals surface area contributed by atoms with E-state index in [0.29, 0.717) is 12.0 Å². The molecule has 0 spiro atoms. The second-order valence-corrected chi connectivity index (χ2v) is 6.46. The normalized spacial score (nSPS) is 18.7. The summed E-state index contributed by atoms with van der Waals surface area (Å²) in [6.07, 6.45) is 1.05. The molecule has 1 aliphatic rings. The molecular formula is C13H21N3O2S. The van der Waals surface area contributed by atoms with Gasteiger partial charge >= 0.3 is 5.00 Å². The van der Waals surface area contributed by atoms with Crippen LogP contribution >= 0.6 is 11.3 Å². The second-order valence-electron chi connectivity index (χ2n) is 5.36. The van der Waals surface area contributed by atoms with Crippen molar-refractivity contribution in [1.82, 2.24) is 10.2 Å². The van der Waals surface area contributed by atoms with Gasteiger partial charge in [0.2, 0.25) is 0 Å². The number of hydrogen-bond acceptors (Lipinski definition) is 5. The fraction of sp³-hybridized carbons (Fsp3) is 0.692. The smallest absolute Gasteiger partial charge is 0.314 e. The summed E-state index contributed by atoms with van der Waals surface area (Å²) in [6, 6.07) is 3.88. The maximum atomic E-state index is 10.8. The first-order chi connectivity index (χ1) is 9.08. The van der Waals surface area contributed by atoms with Crippen LogP contribution in [0, 0.1) is 16.0 Å². The van der Waals surface area contributed by atoms with Crippen LogP contribution in [-0.2, 0) is 0 Å². The highest BCUT2D eigenvalue weighted by atomic mass is 32.1. The first-order valence-corrected chi connectivity index (χ1v) is 7.58. The van der Waals surface area contributed by atoms with Gasteiger partial charge < -0.3 is 5.32 Å². The van der Waals surface area contributed by atoms with Crippen LogP contribution in [0.4, 0.5) is 5.00 Å². The molecule has 19 heavy (non-hydrogen) atoms. The highest BCUT2D eigenvalue weighted by Gasteiger charge is 2.25. The van der Waals surface area contributed by atoms with Crippen molar-refractivity contribution in [2.75, 3.05) is 26.2 Å². The van der Waals surface area contributed by atoms with Gasteiger partial charge in [0, 0.05) is 43.2 Å². The van der Waals surface area contributed by atoms with Gasteiger partial charge in [-0.3, -0.25) is 15.0 Å². The third-order valence-electron chi connectivity index (χ3n) is 3.41. The molecule has 0 aromatic carbocycles. The minimum Gasteiger partial charge on any atom is -0.314 e. The van der Waals surface area contributed by atoms with Gasteiger partial charge in [0.15, 0.2) is 0 Å². The van der Waals surface area contributed by atoms with Crippen molar-refractivity contribution in [1.29, 1.82) is 0 Å². The SMILES string of the molecule is CC(C)C[C@H](c1ccc([N+](=O)[O-])s1)N1CCNCC1. The Kier molecular flexibility index (Phi) is 4.90. The molecule has 0 aliphatic carbocycles. The lowest BCUT2D eigenvalue weighted by Gasteiger charge is -2.35. The van der Waals surface area contributed by atoms with E-state index in [1.165, 1.54) is 11.3 Å². The Balaban J connectivity index is 2.17. The van der Waals surface area contributed by atoms with Gasteiger partial charge in [0.1, 0.15) is 0 Å². The van der Waals surface area contributed by atoms with Crippen molar-refractivity contribution < 1.29 is 4.92 Å². The minimum atomic E-state index is -0.293. The molecule has 1 saturated heterocycles. The standard InChI is InChI=1S/C13H21N3O2S/c1-10(2)9-11(15-7-5-14-6-8-15)12-3-4-13(19-12)16(17)18/h3-4,10-11,14H,5-9H2,1-2H3/t11-/m1/s1. The Bertz CT molecular complexity index is 427.